The Morgan fingerprint density at radius 1 is 1.24 bits per heavy atom. The van der Waals surface area contributed by atoms with Gasteiger partial charge in [-0.15, -0.1) is 0 Å². The highest BCUT2D eigenvalue weighted by molar-refractivity contribution is 5.31. The van der Waals surface area contributed by atoms with Crippen LogP contribution in [0, 0.1) is 23.2 Å². The van der Waals surface area contributed by atoms with Crippen LogP contribution in [0.1, 0.15) is 11.1 Å². The van der Waals surface area contributed by atoms with E-state index in [9.17, 15) is 4.39 Å². The van der Waals surface area contributed by atoms with Crippen LogP contribution in [0.5, 0.6) is 5.75 Å². The lowest BCUT2D eigenvalue weighted by atomic mass is 10.2. The summed E-state index contributed by atoms with van der Waals surface area (Å²) in [6.45, 7) is 0.264. The normalized spacial score (nSPS) is 9.65. The van der Waals surface area contributed by atoms with E-state index in [2.05, 4.69) is 6.07 Å². The van der Waals surface area contributed by atoms with Crippen molar-refractivity contribution >= 4 is 0 Å². The van der Waals surface area contributed by atoms with E-state index >= 15 is 0 Å². The maximum Gasteiger partial charge on any atom is 0.172 e. The van der Waals surface area contributed by atoms with Crippen molar-refractivity contribution < 1.29 is 9.13 Å². The van der Waals surface area contributed by atoms with Gasteiger partial charge in [-0.25, -0.2) is 4.39 Å². The highest BCUT2D eigenvalue weighted by atomic mass is 19.1. The number of halogens is 1. The van der Waals surface area contributed by atoms with Gasteiger partial charge in [0.05, 0.1) is 11.6 Å². The topological polar surface area (TPSA) is 33.0 Å². The Balaban J connectivity index is 2.03. The molecule has 0 amide bonds. The quantitative estimate of drug-likeness (QED) is 0.805. The van der Waals surface area contributed by atoms with E-state index in [0.29, 0.717) is 5.56 Å². The van der Waals surface area contributed by atoms with Crippen molar-refractivity contribution in [2.45, 2.75) is 6.61 Å². The van der Waals surface area contributed by atoms with Gasteiger partial charge in [0.2, 0.25) is 0 Å². The minimum Gasteiger partial charge on any atom is -0.486 e. The molecule has 0 saturated carbocycles. The molecule has 0 aliphatic rings. The van der Waals surface area contributed by atoms with Crippen molar-refractivity contribution in [1.29, 1.82) is 5.26 Å². The Kier molecular flexibility index (Phi) is 3.37. The van der Waals surface area contributed by atoms with Crippen molar-refractivity contribution in [2.75, 3.05) is 0 Å². The molecule has 0 atom stereocenters. The number of rotatable bonds is 3. The largest absolute Gasteiger partial charge is 0.486 e. The van der Waals surface area contributed by atoms with E-state index in [1.807, 2.05) is 6.07 Å². The number of ether oxygens (including phenoxy) is 1. The van der Waals surface area contributed by atoms with Crippen molar-refractivity contribution in [1.82, 2.24) is 0 Å². The monoisotopic (exact) mass is 226 g/mol. The van der Waals surface area contributed by atoms with Crippen molar-refractivity contribution in [3.8, 4) is 11.8 Å². The molecule has 0 fully saturated rings. The van der Waals surface area contributed by atoms with E-state index in [1.54, 1.807) is 36.4 Å². The van der Waals surface area contributed by atoms with Gasteiger partial charge in [-0.1, -0.05) is 24.3 Å². The first-order chi connectivity index (χ1) is 8.29. The number of nitriles is 1. The van der Waals surface area contributed by atoms with Crippen molar-refractivity contribution in [2.24, 2.45) is 0 Å². The summed E-state index contributed by atoms with van der Waals surface area (Å²) in [5.41, 5.74) is 1.47. The van der Waals surface area contributed by atoms with E-state index in [0.717, 1.165) is 5.56 Å². The van der Waals surface area contributed by atoms with Gasteiger partial charge in [-0.05, 0) is 23.8 Å². The maximum absolute atomic E-state index is 13.2. The Labute approximate surface area is 98.9 Å². The summed E-state index contributed by atoms with van der Waals surface area (Å²) in [6.07, 6.45) is 0. The maximum atomic E-state index is 13.2. The van der Waals surface area contributed by atoms with Gasteiger partial charge >= 0.3 is 0 Å². The first-order valence-electron chi connectivity index (χ1n) is 5.07. The molecule has 2 nitrogen and oxygen atoms in total. The zero-order valence-corrected chi connectivity index (χ0v) is 8.98. The molecule has 0 saturated heterocycles. The van der Waals surface area contributed by atoms with Crippen LogP contribution in [0.15, 0.2) is 42.5 Å². The number of hydrogen-bond acceptors (Lipinski definition) is 2. The fraction of sp³-hybridized carbons (Fsp3) is 0.0714. The summed E-state index contributed by atoms with van der Waals surface area (Å²) in [6, 6.07) is 16.1. The summed E-state index contributed by atoms with van der Waals surface area (Å²) in [5, 5.41) is 8.64. The van der Waals surface area contributed by atoms with E-state index in [1.165, 1.54) is 6.07 Å². The van der Waals surface area contributed by atoms with Gasteiger partial charge in [0, 0.05) is 6.07 Å². The Bertz CT molecular complexity index is 543. The zero-order chi connectivity index (χ0) is 12.1. The molecular weight excluding hydrogens is 217 g/mol. The highest BCUT2D eigenvalue weighted by Crippen LogP contribution is 2.16. The van der Waals surface area contributed by atoms with Crippen LogP contribution in [-0.4, -0.2) is 0 Å². The van der Waals surface area contributed by atoms with Crippen LogP contribution in [-0.2, 0) is 6.61 Å². The van der Waals surface area contributed by atoms with Gasteiger partial charge in [0.25, 0.3) is 0 Å². The summed E-state index contributed by atoms with van der Waals surface area (Å²) in [4.78, 5) is 0. The molecule has 0 aliphatic carbocycles. The molecule has 0 spiro atoms. The highest BCUT2D eigenvalue weighted by Gasteiger charge is 2.02. The first kappa shape index (κ1) is 11.2. The molecule has 0 aromatic heterocycles. The minimum atomic E-state index is -0.499. The molecule has 2 rings (SSSR count). The molecule has 0 aliphatic heterocycles. The molecule has 83 valence electrons. The van der Waals surface area contributed by atoms with Crippen LogP contribution in [0.3, 0.4) is 0 Å². The minimum absolute atomic E-state index is 0.178. The lowest BCUT2D eigenvalue weighted by molar-refractivity contribution is 0.290. The van der Waals surface area contributed by atoms with Crippen molar-refractivity contribution in [3.63, 3.8) is 0 Å². The Morgan fingerprint density at radius 3 is 2.65 bits per heavy atom. The predicted molar refractivity (Wildman–Crippen MR) is 60.7 cm³/mol. The standard InChI is InChI=1S/C14H9FNO/c15-13-3-1-2-4-14(13)17-10-12-7-5-11(9-16)6-8-12/h1-2,4-8H,10H2. The first-order valence-corrected chi connectivity index (χ1v) is 5.07. The lowest BCUT2D eigenvalue weighted by Gasteiger charge is -2.06. The van der Waals surface area contributed by atoms with Gasteiger partial charge in [0.15, 0.2) is 11.6 Å². The van der Waals surface area contributed by atoms with E-state index in [-0.39, 0.29) is 12.4 Å². The van der Waals surface area contributed by atoms with Crippen LogP contribution >= 0.6 is 0 Å². The lowest BCUT2D eigenvalue weighted by Crippen LogP contribution is -1.97. The second kappa shape index (κ2) is 5.13. The molecule has 3 heteroatoms. The summed E-state index contributed by atoms with van der Waals surface area (Å²) < 4.78 is 18.5. The van der Waals surface area contributed by atoms with E-state index < -0.39 is 5.82 Å². The fourth-order valence-electron chi connectivity index (χ4n) is 1.35. The van der Waals surface area contributed by atoms with Crippen LogP contribution in [0.4, 0.5) is 4.39 Å². The SMILES string of the molecule is N#Cc1ccc(COc2ccc[c]c2F)cc1. The molecule has 0 bridgehead atoms. The number of hydrogen-bond donors (Lipinski definition) is 0. The molecule has 0 N–H and O–H groups in total. The smallest absolute Gasteiger partial charge is 0.172 e. The Hall–Kier alpha value is -2.34. The molecule has 1 radical (unpaired) electrons. The molecule has 0 heterocycles. The third-order valence-electron chi connectivity index (χ3n) is 2.25. The summed E-state index contributed by atoms with van der Waals surface area (Å²) in [5.74, 6) is -0.321. The Morgan fingerprint density at radius 2 is 2.00 bits per heavy atom. The van der Waals surface area contributed by atoms with Crippen LogP contribution < -0.4 is 4.74 Å². The third-order valence-corrected chi connectivity index (χ3v) is 2.25. The van der Waals surface area contributed by atoms with E-state index in [4.69, 9.17) is 10.00 Å². The molecule has 2 aromatic carbocycles. The summed E-state index contributed by atoms with van der Waals surface area (Å²) in [7, 11) is 0. The third kappa shape index (κ3) is 2.82. The molecule has 2 aromatic rings. The van der Waals surface area contributed by atoms with Crippen molar-refractivity contribution in [3.05, 3.63) is 65.5 Å². The molecular formula is C14H9FNO. The van der Waals surface area contributed by atoms with Gasteiger partial charge in [-0.2, -0.15) is 5.26 Å². The second-order valence-corrected chi connectivity index (χ2v) is 3.45. The average molecular weight is 226 g/mol. The predicted octanol–water partition coefficient (Wildman–Crippen LogP) is 3.08. The zero-order valence-electron chi connectivity index (χ0n) is 8.98. The fourth-order valence-corrected chi connectivity index (χ4v) is 1.35. The number of nitrogens with zero attached hydrogens (tertiary/aromatic N) is 1. The average Bonchev–Trinajstić information content (AvgIpc) is 2.38. The van der Waals surface area contributed by atoms with Gasteiger partial charge in [0.1, 0.15) is 6.61 Å². The number of benzene rings is 2. The molecule has 17 heavy (non-hydrogen) atoms. The summed E-state index contributed by atoms with van der Waals surface area (Å²) >= 11 is 0. The van der Waals surface area contributed by atoms with Crippen LogP contribution in [0.25, 0.3) is 0 Å². The van der Waals surface area contributed by atoms with Gasteiger partial charge in [-0.3, -0.25) is 0 Å². The molecule has 0 unspecified atom stereocenters. The van der Waals surface area contributed by atoms with Gasteiger partial charge < -0.3 is 4.74 Å². The second-order valence-electron chi connectivity index (χ2n) is 3.45. The van der Waals surface area contributed by atoms with Crippen LogP contribution in [0.2, 0.25) is 0 Å².